The van der Waals surface area contributed by atoms with Crippen molar-refractivity contribution in [2.45, 2.75) is 38.8 Å². The first-order chi connectivity index (χ1) is 13.0. The van der Waals surface area contributed by atoms with E-state index in [1.165, 1.54) is 6.07 Å². The molecule has 1 aliphatic heterocycles. The minimum Gasteiger partial charge on any atom is -0.377 e. The molecule has 0 aliphatic carbocycles. The lowest BCUT2D eigenvalue weighted by Gasteiger charge is -2.22. The predicted molar refractivity (Wildman–Crippen MR) is 120 cm³/mol. The van der Waals surface area contributed by atoms with Crippen LogP contribution in [-0.2, 0) is 21.3 Å². The molecule has 0 aromatic heterocycles. The summed E-state index contributed by atoms with van der Waals surface area (Å²) in [5.74, 6) is 0.0597. The fourth-order valence-corrected chi connectivity index (χ4v) is 3.65. The van der Waals surface area contributed by atoms with Gasteiger partial charge in [-0.05, 0) is 32.3 Å². The van der Waals surface area contributed by atoms with Crippen molar-refractivity contribution in [3.05, 3.63) is 35.6 Å². The molecule has 7 nitrogen and oxygen atoms in total. The highest BCUT2D eigenvalue weighted by atomic mass is 127. The molecule has 0 radical (unpaired) electrons. The number of sulfonamides is 1. The van der Waals surface area contributed by atoms with Gasteiger partial charge >= 0.3 is 0 Å². The van der Waals surface area contributed by atoms with Gasteiger partial charge in [-0.2, -0.15) is 0 Å². The Morgan fingerprint density at radius 1 is 1.29 bits per heavy atom. The number of ether oxygens (including phenoxy) is 1. The Kier molecular flexibility index (Phi) is 11.9. The summed E-state index contributed by atoms with van der Waals surface area (Å²) in [7, 11) is -3.40. The third kappa shape index (κ3) is 9.48. The molecule has 0 saturated carbocycles. The first-order valence-corrected chi connectivity index (χ1v) is 11.0. The Balaban J connectivity index is 0.00000392. The van der Waals surface area contributed by atoms with Crippen LogP contribution < -0.4 is 15.4 Å². The molecule has 1 aromatic carbocycles. The summed E-state index contributed by atoms with van der Waals surface area (Å²) in [6, 6.07) is 6.44. The maximum absolute atomic E-state index is 13.7. The molecule has 3 N–H and O–H groups in total. The van der Waals surface area contributed by atoms with Crippen molar-refractivity contribution in [2.75, 3.05) is 32.0 Å². The van der Waals surface area contributed by atoms with Crippen LogP contribution in [0.25, 0.3) is 0 Å². The topological polar surface area (TPSA) is 91.8 Å². The summed E-state index contributed by atoms with van der Waals surface area (Å²) in [4.78, 5) is 4.30. The second-order valence-electron chi connectivity index (χ2n) is 6.37. The number of hydrogen-bond acceptors (Lipinski definition) is 4. The highest BCUT2D eigenvalue weighted by molar-refractivity contribution is 14.0. The lowest BCUT2D eigenvalue weighted by molar-refractivity contribution is 0.0200. The van der Waals surface area contributed by atoms with E-state index in [-0.39, 0.29) is 54.7 Å². The van der Waals surface area contributed by atoms with Gasteiger partial charge in [0.2, 0.25) is 10.0 Å². The van der Waals surface area contributed by atoms with Crippen molar-refractivity contribution in [1.82, 2.24) is 15.4 Å². The van der Waals surface area contributed by atoms with Crippen LogP contribution in [0.15, 0.2) is 29.3 Å². The summed E-state index contributed by atoms with van der Waals surface area (Å²) in [5.41, 5.74) is 0.483. The Labute approximate surface area is 184 Å². The van der Waals surface area contributed by atoms with Crippen molar-refractivity contribution < 1.29 is 17.5 Å². The van der Waals surface area contributed by atoms with Gasteiger partial charge in [0, 0.05) is 31.8 Å². The Morgan fingerprint density at radius 2 is 2.07 bits per heavy atom. The highest BCUT2D eigenvalue weighted by Crippen LogP contribution is 2.11. The number of guanidine groups is 1. The van der Waals surface area contributed by atoms with Gasteiger partial charge in [-0.25, -0.2) is 22.5 Å². The van der Waals surface area contributed by atoms with Gasteiger partial charge in [0.1, 0.15) is 5.82 Å². The quantitative estimate of drug-likeness (QED) is 0.259. The van der Waals surface area contributed by atoms with Crippen molar-refractivity contribution >= 4 is 40.0 Å². The van der Waals surface area contributed by atoms with Crippen molar-refractivity contribution in [2.24, 2.45) is 4.99 Å². The van der Waals surface area contributed by atoms with Crippen molar-refractivity contribution in [1.29, 1.82) is 0 Å². The van der Waals surface area contributed by atoms with Gasteiger partial charge in [0.05, 0.1) is 18.4 Å². The molecular formula is C18H30FIN4O3S. The van der Waals surface area contributed by atoms with E-state index in [4.69, 9.17) is 4.74 Å². The molecule has 0 bridgehead atoms. The van der Waals surface area contributed by atoms with Gasteiger partial charge in [0.25, 0.3) is 0 Å². The van der Waals surface area contributed by atoms with Crippen LogP contribution in [-0.4, -0.2) is 52.5 Å². The average Bonchev–Trinajstić information content (AvgIpc) is 2.66. The minimum atomic E-state index is -3.40. The smallest absolute Gasteiger partial charge is 0.213 e. The van der Waals surface area contributed by atoms with E-state index in [9.17, 15) is 12.8 Å². The van der Waals surface area contributed by atoms with Crippen LogP contribution in [0.3, 0.4) is 0 Å². The first kappa shape index (κ1) is 25.1. The Bertz CT molecular complexity index is 713. The number of nitrogens with one attached hydrogen (secondary N) is 3. The van der Waals surface area contributed by atoms with Crippen molar-refractivity contribution in [3.63, 3.8) is 0 Å². The van der Waals surface area contributed by atoms with Crippen molar-refractivity contribution in [3.8, 4) is 0 Å². The van der Waals surface area contributed by atoms with Crippen LogP contribution >= 0.6 is 24.0 Å². The second-order valence-corrected chi connectivity index (χ2v) is 8.30. The van der Waals surface area contributed by atoms with Gasteiger partial charge in [0.15, 0.2) is 5.96 Å². The fraction of sp³-hybridized carbons (Fsp3) is 0.611. The summed E-state index contributed by atoms with van der Waals surface area (Å²) in [5, 5.41) is 5.99. The van der Waals surface area contributed by atoms with Gasteiger partial charge in [-0.3, -0.25) is 0 Å². The van der Waals surface area contributed by atoms with Crippen LogP contribution in [0.4, 0.5) is 4.39 Å². The molecular weight excluding hydrogens is 498 g/mol. The zero-order chi connectivity index (χ0) is 19.5. The molecule has 2 rings (SSSR count). The molecule has 10 heteroatoms. The Morgan fingerprint density at radius 3 is 2.75 bits per heavy atom. The molecule has 0 amide bonds. The number of aliphatic imine (C=N–C) groups is 1. The van der Waals surface area contributed by atoms with Crippen LogP contribution in [0.1, 0.15) is 31.7 Å². The average molecular weight is 528 g/mol. The first-order valence-electron chi connectivity index (χ1n) is 9.34. The number of rotatable bonds is 9. The third-order valence-corrected chi connectivity index (χ3v) is 5.53. The molecule has 1 aliphatic rings. The molecule has 160 valence electrons. The molecule has 0 spiro atoms. The number of nitrogens with zero attached hydrogens (tertiary/aromatic N) is 1. The third-order valence-electron chi connectivity index (χ3n) is 4.18. The van der Waals surface area contributed by atoms with Gasteiger partial charge in [-0.15, -0.1) is 24.0 Å². The number of halogens is 2. The van der Waals surface area contributed by atoms with E-state index in [2.05, 4.69) is 20.3 Å². The Hall–Kier alpha value is -0.980. The van der Waals surface area contributed by atoms with E-state index in [0.29, 0.717) is 31.2 Å². The SMILES string of the molecule is CCNC(=NCc1ccccc1F)NCCS(=O)(=O)NCC1CCCCO1.I. The lowest BCUT2D eigenvalue weighted by Crippen LogP contribution is -2.42. The van der Waals surface area contributed by atoms with E-state index in [1.54, 1.807) is 18.2 Å². The van der Waals surface area contributed by atoms with E-state index in [0.717, 1.165) is 19.3 Å². The van der Waals surface area contributed by atoms with Crippen LogP contribution in [0, 0.1) is 5.82 Å². The standard InChI is InChI=1S/C18H29FN4O3S.HI/c1-2-20-18(22-13-15-7-3-4-9-17(15)19)21-10-12-27(24,25)23-14-16-8-5-6-11-26-16;/h3-4,7,9,16,23H,2,5-6,8,10-14H2,1H3,(H2,20,21,22);1H. The molecule has 1 fully saturated rings. The van der Waals surface area contributed by atoms with Crippen LogP contribution in [0.2, 0.25) is 0 Å². The molecule has 1 atom stereocenters. The van der Waals surface area contributed by atoms with Gasteiger partial charge in [-0.1, -0.05) is 18.2 Å². The summed E-state index contributed by atoms with van der Waals surface area (Å²) < 4.78 is 46.0. The predicted octanol–water partition coefficient (Wildman–Crippen LogP) is 1.99. The number of benzene rings is 1. The van der Waals surface area contributed by atoms with E-state index < -0.39 is 10.0 Å². The maximum atomic E-state index is 13.7. The minimum absolute atomic E-state index is 0. The summed E-state index contributed by atoms with van der Waals surface area (Å²) in [6.07, 6.45) is 2.94. The van der Waals surface area contributed by atoms with E-state index >= 15 is 0 Å². The van der Waals surface area contributed by atoms with Crippen LogP contribution in [0.5, 0.6) is 0 Å². The molecule has 1 heterocycles. The molecule has 1 unspecified atom stereocenters. The monoisotopic (exact) mass is 528 g/mol. The molecule has 28 heavy (non-hydrogen) atoms. The zero-order valence-electron chi connectivity index (χ0n) is 16.1. The van der Waals surface area contributed by atoms with E-state index in [1.807, 2.05) is 6.92 Å². The highest BCUT2D eigenvalue weighted by Gasteiger charge is 2.17. The molecule has 1 aromatic rings. The number of hydrogen-bond donors (Lipinski definition) is 3. The normalized spacial score (nSPS) is 17.6. The summed E-state index contributed by atoms with van der Waals surface area (Å²) in [6.45, 7) is 3.90. The summed E-state index contributed by atoms with van der Waals surface area (Å²) >= 11 is 0. The van der Waals surface area contributed by atoms with Gasteiger partial charge < -0.3 is 15.4 Å². The maximum Gasteiger partial charge on any atom is 0.213 e. The molecule has 1 saturated heterocycles. The second kappa shape index (κ2) is 13.3. The lowest BCUT2D eigenvalue weighted by atomic mass is 10.1. The largest absolute Gasteiger partial charge is 0.377 e. The fourth-order valence-electron chi connectivity index (χ4n) is 2.70. The zero-order valence-corrected chi connectivity index (χ0v) is 19.3.